The van der Waals surface area contributed by atoms with Crippen molar-refractivity contribution in [3.8, 4) is 17.4 Å². The number of nitrogens with one attached hydrogen (secondary N) is 2. The summed E-state index contributed by atoms with van der Waals surface area (Å²) in [5.74, 6) is 1.37. The third-order valence-corrected chi connectivity index (χ3v) is 4.93. The van der Waals surface area contributed by atoms with Crippen molar-refractivity contribution in [2.45, 2.75) is 19.5 Å². The quantitative estimate of drug-likeness (QED) is 0.473. The van der Waals surface area contributed by atoms with Crippen LogP contribution in [0.5, 0.6) is 17.4 Å². The Hall–Kier alpha value is -3.65. The summed E-state index contributed by atoms with van der Waals surface area (Å²) in [6.45, 7) is 3.10. The number of carbonyl (C=O) groups excluding carboxylic acids is 1. The van der Waals surface area contributed by atoms with Crippen molar-refractivity contribution in [3.05, 3.63) is 83.8 Å². The Morgan fingerprint density at radius 2 is 1.85 bits per heavy atom. The molecule has 33 heavy (non-hydrogen) atoms. The van der Waals surface area contributed by atoms with E-state index in [1.165, 1.54) is 12.1 Å². The van der Waals surface area contributed by atoms with Crippen molar-refractivity contribution in [2.75, 3.05) is 27.2 Å². The highest BCUT2D eigenvalue weighted by molar-refractivity contribution is 5.73. The zero-order valence-electron chi connectivity index (χ0n) is 19.0. The number of para-hydroxylation sites is 2. The van der Waals surface area contributed by atoms with Gasteiger partial charge in [-0.05, 0) is 56.4 Å². The second-order valence-electron chi connectivity index (χ2n) is 7.58. The molecule has 0 saturated carbocycles. The number of hydrogen-bond donors (Lipinski definition) is 2. The highest BCUT2D eigenvalue weighted by Gasteiger charge is 2.16. The molecule has 8 heteroatoms. The van der Waals surface area contributed by atoms with E-state index in [0.717, 1.165) is 11.1 Å². The molecule has 3 rings (SSSR count). The number of urea groups is 1. The lowest BCUT2D eigenvalue weighted by atomic mass is 10.1. The van der Waals surface area contributed by atoms with Gasteiger partial charge in [-0.1, -0.05) is 30.3 Å². The molecule has 0 fully saturated rings. The lowest BCUT2D eigenvalue weighted by Gasteiger charge is -2.25. The topological polar surface area (TPSA) is 75.7 Å². The number of likely N-dealkylation sites (N-methyl/N-ethyl adjacent to an activating group) is 1. The summed E-state index contributed by atoms with van der Waals surface area (Å²) < 4.78 is 24.9. The van der Waals surface area contributed by atoms with E-state index in [4.69, 9.17) is 9.47 Å². The van der Waals surface area contributed by atoms with Gasteiger partial charge in [0, 0.05) is 25.4 Å². The monoisotopic (exact) mass is 452 g/mol. The second kappa shape index (κ2) is 11.8. The van der Waals surface area contributed by atoms with E-state index >= 15 is 0 Å². The summed E-state index contributed by atoms with van der Waals surface area (Å²) in [6.07, 6.45) is 1.65. The molecule has 1 unspecified atom stereocenters. The molecule has 0 aliphatic rings. The molecule has 2 aromatic carbocycles. The molecule has 0 aliphatic carbocycles. The number of hydrogen-bond acceptors (Lipinski definition) is 5. The van der Waals surface area contributed by atoms with Crippen LogP contribution in [0.2, 0.25) is 0 Å². The zero-order valence-corrected chi connectivity index (χ0v) is 19.0. The summed E-state index contributed by atoms with van der Waals surface area (Å²) in [7, 11) is 3.77. The van der Waals surface area contributed by atoms with Crippen LogP contribution in [0.1, 0.15) is 24.1 Å². The SMILES string of the molecule is CCOc1ccccc1Oc1ccc(CNC(=O)NCC(c2cccc(F)c2)N(C)C)cn1. The minimum atomic E-state index is -0.316. The van der Waals surface area contributed by atoms with E-state index in [1.54, 1.807) is 18.3 Å². The van der Waals surface area contributed by atoms with Crippen LogP contribution >= 0.6 is 0 Å². The molecule has 2 N–H and O–H groups in total. The molecule has 174 valence electrons. The van der Waals surface area contributed by atoms with Gasteiger partial charge in [0.15, 0.2) is 11.5 Å². The predicted molar refractivity (Wildman–Crippen MR) is 125 cm³/mol. The maximum absolute atomic E-state index is 13.6. The smallest absolute Gasteiger partial charge is 0.315 e. The Bertz CT molecular complexity index is 1040. The molecule has 7 nitrogen and oxygen atoms in total. The Balaban J connectivity index is 1.50. The molecule has 2 amide bonds. The molecule has 1 aromatic heterocycles. The van der Waals surface area contributed by atoms with Gasteiger partial charge < -0.3 is 25.0 Å². The van der Waals surface area contributed by atoms with Crippen molar-refractivity contribution in [1.29, 1.82) is 0 Å². The number of rotatable bonds is 10. The average molecular weight is 453 g/mol. The van der Waals surface area contributed by atoms with E-state index in [1.807, 2.05) is 62.3 Å². The van der Waals surface area contributed by atoms with Crippen LogP contribution < -0.4 is 20.1 Å². The van der Waals surface area contributed by atoms with Gasteiger partial charge in [-0.15, -0.1) is 0 Å². The second-order valence-corrected chi connectivity index (χ2v) is 7.58. The first-order valence-electron chi connectivity index (χ1n) is 10.7. The van der Waals surface area contributed by atoms with E-state index in [9.17, 15) is 9.18 Å². The van der Waals surface area contributed by atoms with Gasteiger partial charge in [-0.2, -0.15) is 0 Å². The standard InChI is InChI=1S/C25H29FN4O3/c1-4-32-22-10-5-6-11-23(22)33-24-13-12-18(15-27-24)16-28-25(31)29-17-21(30(2)3)19-8-7-9-20(26)14-19/h5-15,21H,4,16-17H2,1-3H3,(H2,28,29,31). The van der Waals surface area contributed by atoms with Crippen molar-refractivity contribution in [2.24, 2.45) is 0 Å². The van der Waals surface area contributed by atoms with Crippen LogP contribution in [0.15, 0.2) is 66.9 Å². The maximum atomic E-state index is 13.6. The highest BCUT2D eigenvalue weighted by atomic mass is 19.1. The zero-order chi connectivity index (χ0) is 23.6. The molecule has 1 heterocycles. The van der Waals surface area contributed by atoms with Crippen LogP contribution in [-0.4, -0.2) is 43.2 Å². The fourth-order valence-corrected chi connectivity index (χ4v) is 3.24. The maximum Gasteiger partial charge on any atom is 0.315 e. The fourth-order valence-electron chi connectivity index (χ4n) is 3.24. The van der Waals surface area contributed by atoms with Crippen LogP contribution in [0, 0.1) is 5.82 Å². The van der Waals surface area contributed by atoms with Crippen LogP contribution in [0.25, 0.3) is 0 Å². The summed E-state index contributed by atoms with van der Waals surface area (Å²) >= 11 is 0. The molecule has 0 radical (unpaired) electrons. The van der Waals surface area contributed by atoms with Gasteiger partial charge in [0.1, 0.15) is 5.82 Å². The summed E-state index contributed by atoms with van der Waals surface area (Å²) in [4.78, 5) is 18.5. The van der Waals surface area contributed by atoms with Crippen LogP contribution in [-0.2, 0) is 6.54 Å². The summed E-state index contributed by atoms with van der Waals surface area (Å²) in [5, 5.41) is 5.65. The van der Waals surface area contributed by atoms with E-state index < -0.39 is 0 Å². The van der Waals surface area contributed by atoms with E-state index in [2.05, 4.69) is 15.6 Å². The Labute approximate surface area is 193 Å². The molecule has 1 atom stereocenters. The average Bonchev–Trinajstić information content (AvgIpc) is 2.80. The minimum absolute atomic E-state index is 0.149. The third-order valence-electron chi connectivity index (χ3n) is 4.93. The van der Waals surface area contributed by atoms with Gasteiger partial charge >= 0.3 is 6.03 Å². The summed E-state index contributed by atoms with van der Waals surface area (Å²) in [5.41, 5.74) is 1.62. The Morgan fingerprint density at radius 3 is 2.52 bits per heavy atom. The molecule has 3 aromatic rings. The van der Waals surface area contributed by atoms with Crippen LogP contribution in [0.4, 0.5) is 9.18 Å². The lowest BCUT2D eigenvalue weighted by Crippen LogP contribution is -2.40. The summed E-state index contributed by atoms with van der Waals surface area (Å²) in [6, 6.07) is 16.9. The number of halogens is 1. The van der Waals surface area contributed by atoms with Gasteiger partial charge in [-0.3, -0.25) is 0 Å². The van der Waals surface area contributed by atoms with Gasteiger partial charge in [-0.25, -0.2) is 14.2 Å². The van der Waals surface area contributed by atoms with E-state index in [0.29, 0.717) is 37.1 Å². The first kappa shape index (κ1) is 24.0. The largest absolute Gasteiger partial charge is 0.490 e. The van der Waals surface area contributed by atoms with Crippen LogP contribution in [0.3, 0.4) is 0 Å². The Morgan fingerprint density at radius 1 is 1.06 bits per heavy atom. The molecular weight excluding hydrogens is 423 g/mol. The first-order chi connectivity index (χ1) is 16.0. The van der Waals surface area contributed by atoms with E-state index in [-0.39, 0.29) is 17.9 Å². The molecule has 0 bridgehead atoms. The van der Waals surface area contributed by atoms with Crippen molar-refractivity contribution < 1.29 is 18.7 Å². The predicted octanol–water partition coefficient (Wildman–Crippen LogP) is 4.51. The van der Waals surface area contributed by atoms with Crippen molar-refractivity contribution in [3.63, 3.8) is 0 Å². The number of ether oxygens (including phenoxy) is 2. The first-order valence-corrected chi connectivity index (χ1v) is 10.7. The number of carbonyl (C=O) groups is 1. The van der Waals surface area contributed by atoms with Crippen molar-refractivity contribution >= 4 is 6.03 Å². The number of nitrogens with zero attached hydrogens (tertiary/aromatic N) is 2. The number of benzene rings is 2. The lowest BCUT2D eigenvalue weighted by molar-refractivity contribution is 0.232. The third kappa shape index (κ3) is 7.18. The van der Waals surface area contributed by atoms with Gasteiger partial charge in [0.2, 0.25) is 5.88 Å². The van der Waals surface area contributed by atoms with Gasteiger partial charge in [0.05, 0.1) is 12.6 Å². The Kier molecular flexibility index (Phi) is 8.60. The number of aromatic nitrogens is 1. The molecule has 0 spiro atoms. The van der Waals surface area contributed by atoms with Gasteiger partial charge in [0.25, 0.3) is 0 Å². The number of pyridine rings is 1. The molecule has 0 aliphatic heterocycles. The minimum Gasteiger partial charge on any atom is -0.490 e. The molecular formula is C25H29FN4O3. The van der Waals surface area contributed by atoms with Crippen molar-refractivity contribution in [1.82, 2.24) is 20.5 Å². The number of amides is 2. The molecule has 0 saturated heterocycles. The fraction of sp³-hybridized carbons (Fsp3) is 0.280. The highest BCUT2D eigenvalue weighted by Crippen LogP contribution is 2.30. The normalized spacial score (nSPS) is 11.7.